The first-order valence-electron chi connectivity index (χ1n) is 9.61. The summed E-state index contributed by atoms with van der Waals surface area (Å²) in [7, 11) is -3.67. The van der Waals surface area contributed by atoms with Crippen LogP contribution in [0.1, 0.15) is 12.8 Å². The molecule has 1 atom stereocenters. The number of benzene rings is 2. The van der Waals surface area contributed by atoms with Gasteiger partial charge in [-0.15, -0.1) is 0 Å². The van der Waals surface area contributed by atoms with Gasteiger partial charge >= 0.3 is 0 Å². The summed E-state index contributed by atoms with van der Waals surface area (Å²) in [5, 5.41) is 13.7. The van der Waals surface area contributed by atoms with E-state index >= 15 is 0 Å². The first-order valence-corrected chi connectivity index (χ1v) is 11.5. The lowest BCUT2D eigenvalue weighted by Gasteiger charge is -2.26. The third kappa shape index (κ3) is 6.07. The Morgan fingerprint density at radius 3 is 2.68 bits per heavy atom. The van der Waals surface area contributed by atoms with Crippen LogP contribution in [-0.4, -0.2) is 51.3 Å². The fraction of sp³-hybridized carbons (Fsp3) is 0.350. The van der Waals surface area contributed by atoms with Gasteiger partial charge in [0.05, 0.1) is 23.4 Å². The average molecular weight is 449 g/mol. The molecule has 1 aliphatic heterocycles. The van der Waals surface area contributed by atoms with Gasteiger partial charge in [-0.05, 0) is 24.6 Å². The summed E-state index contributed by atoms with van der Waals surface area (Å²) in [6.45, 7) is 0.587. The van der Waals surface area contributed by atoms with Crippen molar-refractivity contribution in [1.82, 2.24) is 5.32 Å². The number of hydrogen-bond acceptors (Lipinski definition) is 7. The van der Waals surface area contributed by atoms with E-state index in [1.807, 2.05) is 12.1 Å². The second-order valence-electron chi connectivity index (χ2n) is 7.02. The number of hydrogen-bond donors (Lipinski definition) is 1. The van der Waals surface area contributed by atoms with Crippen LogP contribution in [0.25, 0.3) is 0 Å². The number of nitro benzene ring substituents is 1. The van der Waals surface area contributed by atoms with Crippen molar-refractivity contribution in [3.05, 3.63) is 58.6 Å². The molecule has 1 N–H and O–H groups in total. The first kappa shape index (κ1) is 22.3. The summed E-state index contributed by atoms with van der Waals surface area (Å²) in [6.07, 6.45) is 1.03. The number of carbonyl (C=O) groups excluding carboxylic acids is 1. The lowest BCUT2D eigenvalue weighted by atomic mass is 10.2. The molecule has 166 valence electrons. The molecule has 1 aliphatic rings. The molecular formula is C20H23N3O7S. The molecule has 0 saturated carbocycles. The van der Waals surface area contributed by atoms with Gasteiger partial charge in [0.25, 0.3) is 5.69 Å². The van der Waals surface area contributed by atoms with E-state index in [-0.39, 0.29) is 49.3 Å². The first-order chi connectivity index (χ1) is 14.7. The van der Waals surface area contributed by atoms with Crippen molar-refractivity contribution in [3.8, 4) is 11.5 Å². The number of carbonyl (C=O) groups is 1. The summed E-state index contributed by atoms with van der Waals surface area (Å²) in [4.78, 5) is 22.6. The fourth-order valence-corrected chi connectivity index (χ4v) is 4.07. The third-order valence-electron chi connectivity index (χ3n) is 4.59. The van der Waals surface area contributed by atoms with Crippen LogP contribution in [0.15, 0.2) is 48.5 Å². The molecule has 1 heterocycles. The van der Waals surface area contributed by atoms with Crippen molar-refractivity contribution in [1.29, 1.82) is 0 Å². The molecule has 2 aromatic rings. The standard InChI is InChI=1S/C20H23N3O7S/c1-31(27,28)22(15-6-4-7-16(12-15)23(25)26)11-5-10-20(24)21-13-17-14-29-18-8-2-3-9-19(18)30-17/h2-4,6-9,12,17H,5,10-11,13-14H2,1H3,(H,21,24)/t17-/m0/s1. The minimum Gasteiger partial charge on any atom is -0.486 e. The molecule has 11 heteroatoms. The van der Waals surface area contributed by atoms with Crippen molar-refractivity contribution in [2.45, 2.75) is 18.9 Å². The Balaban J connectivity index is 1.50. The Morgan fingerprint density at radius 1 is 1.23 bits per heavy atom. The molecule has 2 aromatic carbocycles. The number of non-ortho nitro benzene ring substituents is 1. The molecule has 0 unspecified atom stereocenters. The zero-order valence-electron chi connectivity index (χ0n) is 16.9. The van der Waals surface area contributed by atoms with E-state index in [9.17, 15) is 23.3 Å². The Labute approximate surface area is 180 Å². The number of nitrogens with one attached hydrogen (secondary N) is 1. The summed E-state index contributed by atoms with van der Waals surface area (Å²) in [5.41, 5.74) is -0.0244. The zero-order chi connectivity index (χ0) is 22.4. The van der Waals surface area contributed by atoms with E-state index in [0.717, 1.165) is 10.6 Å². The number of para-hydroxylation sites is 2. The Morgan fingerprint density at radius 2 is 1.97 bits per heavy atom. The highest BCUT2D eigenvalue weighted by Gasteiger charge is 2.22. The predicted octanol–water partition coefficient (Wildman–Crippen LogP) is 2.10. The van der Waals surface area contributed by atoms with Crippen LogP contribution in [0.4, 0.5) is 11.4 Å². The van der Waals surface area contributed by atoms with Crippen LogP contribution in [0, 0.1) is 10.1 Å². The molecule has 0 spiro atoms. The number of anilines is 1. The van der Waals surface area contributed by atoms with Gasteiger partial charge in [0.15, 0.2) is 11.5 Å². The number of ether oxygens (including phenoxy) is 2. The number of nitro groups is 1. The van der Waals surface area contributed by atoms with Crippen LogP contribution < -0.4 is 19.1 Å². The fourth-order valence-electron chi connectivity index (χ4n) is 3.11. The zero-order valence-corrected chi connectivity index (χ0v) is 17.7. The average Bonchev–Trinajstić information content (AvgIpc) is 2.74. The van der Waals surface area contributed by atoms with Crippen LogP contribution >= 0.6 is 0 Å². The number of rotatable bonds is 9. The largest absolute Gasteiger partial charge is 0.486 e. The van der Waals surface area contributed by atoms with Gasteiger partial charge in [-0.3, -0.25) is 19.2 Å². The molecule has 0 fully saturated rings. The van der Waals surface area contributed by atoms with Gasteiger partial charge in [0.1, 0.15) is 12.7 Å². The molecule has 1 amide bonds. The number of fused-ring (bicyclic) bond motifs is 1. The minimum atomic E-state index is -3.67. The van der Waals surface area contributed by atoms with E-state index in [0.29, 0.717) is 18.1 Å². The third-order valence-corrected chi connectivity index (χ3v) is 5.78. The molecule has 0 bridgehead atoms. The number of nitrogens with zero attached hydrogens (tertiary/aromatic N) is 2. The van der Waals surface area contributed by atoms with E-state index < -0.39 is 14.9 Å². The molecule has 0 aliphatic carbocycles. The Bertz CT molecular complexity index is 1060. The molecular weight excluding hydrogens is 426 g/mol. The minimum absolute atomic E-state index is 0.0177. The van der Waals surface area contributed by atoms with Gasteiger partial charge in [-0.25, -0.2) is 8.42 Å². The smallest absolute Gasteiger partial charge is 0.271 e. The Hall–Kier alpha value is -3.34. The van der Waals surface area contributed by atoms with Crippen LogP contribution in [0.5, 0.6) is 11.5 Å². The summed E-state index contributed by atoms with van der Waals surface area (Å²) < 4.78 is 36.7. The van der Waals surface area contributed by atoms with E-state index in [2.05, 4.69) is 5.32 Å². The molecule has 0 saturated heterocycles. The van der Waals surface area contributed by atoms with E-state index in [1.165, 1.54) is 24.3 Å². The maximum Gasteiger partial charge on any atom is 0.271 e. The second kappa shape index (κ2) is 9.65. The highest BCUT2D eigenvalue weighted by Crippen LogP contribution is 2.30. The molecule has 3 rings (SSSR count). The van der Waals surface area contributed by atoms with Gasteiger partial charge in [0.2, 0.25) is 15.9 Å². The van der Waals surface area contributed by atoms with Gasteiger partial charge in [-0.1, -0.05) is 18.2 Å². The topological polar surface area (TPSA) is 128 Å². The van der Waals surface area contributed by atoms with Crippen molar-refractivity contribution in [2.24, 2.45) is 0 Å². The van der Waals surface area contributed by atoms with E-state index in [4.69, 9.17) is 9.47 Å². The Kier molecular flexibility index (Phi) is 6.95. The number of sulfonamides is 1. The van der Waals surface area contributed by atoms with Crippen molar-refractivity contribution in [2.75, 3.05) is 30.3 Å². The van der Waals surface area contributed by atoms with Crippen LogP contribution in [0.2, 0.25) is 0 Å². The van der Waals surface area contributed by atoms with E-state index in [1.54, 1.807) is 12.1 Å². The highest BCUT2D eigenvalue weighted by atomic mass is 32.2. The molecule has 0 radical (unpaired) electrons. The second-order valence-corrected chi connectivity index (χ2v) is 8.92. The van der Waals surface area contributed by atoms with Gasteiger partial charge in [0, 0.05) is 25.1 Å². The molecule has 31 heavy (non-hydrogen) atoms. The number of amides is 1. The van der Waals surface area contributed by atoms with Crippen molar-refractivity contribution >= 4 is 27.3 Å². The summed E-state index contributed by atoms with van der Waals surface area (Å²) >= 11 is 0. The maximum atomic E-state index is 12.2. The lowest BCUT2D eigenvalue weighted by Crippen LogP contribution is -2.41. The summed E-state index contributed by atoms with van der Waals surface area (Å²) in [5.74, 6) is 1.02. The monoisotopic (exact) mass is 449 g/mol. The predicted molar refractivity (Wildman–Crippen MR) is 114 cm³/mol. The molecule has 0 aromatic heterocycles. The maximum absolute atomic E-state index is 12.2. The normalized spacial score (nSPS) is 15.2. The van der Waals surface area contributed by atoms with Gasteiger partial charge in [-0.2, -0.15) is 0 Å². The lowest BCUT2D eigenvalue weighted by molar-refractivity contribution is -0.384. The highest BCUT2D eigenvalue weighted by molar-refractivity contribution is 7.92. The van der Waals surface area contributed by atoms with Crippen LogP contribution in [0.3, 0.4) is 0 Å². The van der Waals surface area contributed by atoms with Crippen molar-refractivity contribution in [3.63, 3.8) is 0 Å². The summed E-state index contributed by atoms with van der Waals surface area (Å²) in [6, 6.07) is 12.6. The van der Waals surface area contributed by atoms with Crippen LogP contribution in [-0.2, 0) is 14.8 Å². The quantitative estimate of drug-likeness (QED) is 0.458. The SMILES string of the molecule is CS(=O)(=O)N(CCCC(=O)NC[C@H]1COc2ccccc2O1)c1cccc([N+](=O)[O-])c1. The molecule has 10 nitrogen and oxygen atoms in total. The van der Waals surface area contributed by atoms with Crippen molar-refractivity contribution < 1.29 is 27.6 Å². The van der Waals surface area contributed by atoms with Gasteiger partial charge < -0.3 is 14.8 Å².